The Morgan fingerprint density at radius 3 is 2.52 bits per heavy atom. The number of amides is 1. The zero-order chi connectivity index (χ0) is 16.6. The summed E-state index contributed by atoms with van der Waals surface area (Å²) in [5.74, 6) is 0.108. The van der Waals surface area contributed by atoms with Crippen molar-refractivity contribution in [3.05, 3.63) is 64.1 Å². The first-order chi connectivity index (χ1) is 10.9. The van der Waals surface area contributed by atoms with Gasteiger partial charge in [0.15, 0.2) is 5.78 Å². The van der Waals surface area contributed by atoms with Crippen LogP contribution in [0.1, 0.15) is 35.7 Å². The van der Waals surface area contributed by atoms with Crippen LogP contribution in [0, 0.1) is 0 Å². The zero-order valence-corrected chi connectivity index (χ0v) is 14.8. The van der Waals surface area contributed by atoms with E-state index in [4.69, 9.17) is 0 Å². The molecule has 1 aliphatic rings. The highest BCUT2D eigenvalue weighted by Crippen LogP contribution is 2.43. The van der Waals surface area contributed by atoms with Crippen LogP contribution in [0.2, 0.25) is 0 Å². The molecule has 23 heavy (non-hydrogen) atoms. The molecular formula is C19H18BrNO2. The third-order valence-corrected chi connectivity index (χ3v) is 5.35. The number of carbonyl (C=O) groups excluding carboxylic acids is 2. The lowest BCUT2D eigenvalue weighted by Crippen LogP contribution is -2.36. The number of fused-ring (bicyclic) bond motifs is 1. The molecule has 0 spiro atoms. The van der Waals surface area contributed by atoms with E-state index in [1.54, 1.807) is 11.9 Å². The molecule has 0 radical (unpaired) electrons. The van der Waals surface area contributed by atoms with Crippen molar-refractivity contribution in [3.63, 3.8) is 0 Å². The molecule has 1 heterocycles. The fourth-order valence-electron chi connectivity index (χ4n) is 3.25. The summed E-state index contributed by atoms with van der Waals surface area (Å²) in [6.45, 7) is 1.94. The molecule has 0 fully saturated rings. The molecule has 1 aliphatic heterocycles. The minimum absolute atomic E-state index is 0.0542. The zero-order valence-electron chi connectivity index (χ0n) is 13.2. The quantitative estimate of drug-likeness (QED) is 0.749. The molecule has 1 unspecified atom stereocenters. The van der Waals surface area contributed by atoms with Crippen LogP contribution in [-0.4, -0.2) is 18.7 Å². The van der Waals surface area contributed by atoms with Crippen LogP contribution < -0.4 is 4.90 Å². The third kappa shape index (κ3) is 2.61. The Bertz CT molecular complexity index is 786. The third-order valence-electron chi connectivity index (χ3n) is 4.66. The number of hydrogen-bond acceptors (Lipinski definition) is 2. The number of Topliss-reactive ketones (excluding diaryl/α,β-unsaturated/α-hetero) is 1. The first-order valence-electron chi connectivity index (χ1n) is 7.60. The van der Waals surface area contributed by atoms with Crippen LogP contribution in [0.15, 0.2) is 53.0 Å². The van der Waals surface area contributed by atoms with Gasteiger partial charge in [-0.1, -0.05) is 52.3 Å². The molecular weight excluding hydrogens is 354 g/mol. The van der Waals surface area contributed by atoms with E-state index in [0.29, 0.717) is 18.4 Å². The number of likely N-dealkylation sites (N-methyl/N-ethyl adjacent to an activating group) is 1. The molecule has 1 amide bonds. The summed E-state index contributed by atoms with van der Waals surface area (Å²) in [6.07, 6.45) is 0.848. The summed E-state index contributed by atoms with van der Waals surface area (Å²) in [6, 6.07) is 15.2. The van der Waals surface area contributed by atoms with Crippen LogP contribution in [0.5, 0.6) is 0 Å². The van der Waals surface area contributed by atoms with Gasteiger partial charge in [-0.05, 0) is 31.0 Å². The molecule has 0 saturated carbocycles. The summed E-state index contributed by atoms with van der Waals surface area (Å²) in [5, 5.41) is 0. The number of halogens is 1. The number of hydrogen-bond donors (Lipinski definition) is 0. The first-order valence-corrected chi connectivity index (χ1v) is 8.40. The smallest absolute Gasteiger partial charge is 0.237 e. The Morgan fingerprint density at radius 1 is 1.13 bits per heavy atom. The minimum Gasteiger partial charge on any atom is -0.314 e. The van der Waals surface area contributed by atoms with E-state index in [-0.39, 0.29) is 11.7 Å². The van der Waals surface area contributed by atoms with Crippen molar-refractivity contribution in [2.75, 3.05) is 11.9 Å². The van der Waals surface area contributed by atoms with Gasteiger partial charge in [-0.15, -0.1) is 0 Å². The number of benzene rings is 2. The highest BCUT2D eigenvalue weighted by molar-refractivity contribution is 9.10. The highest BCUT2D eigenvalue weighted by Gasteiger charge is 2.45. The molecule has 3 nitrogen and oxygen atoms in total. The molecule has 2 aromatic carbocycles. The van der Waals surface area contributed by atoms with E-state index >= 15 is 0 Å². The second-order valence-corrected chi connectivity index (χ2v) is 6.97. The van der Waals surface area contributed by atoms with Gasteiger partial charge in [0.05, 0.1) is 5.41 Å². The van der Waals surface area contributed by atoms with Gasteiger partial charge in [0, 0.05) is 29.2 Å². The maximum absolute atomic E-state index is 12.7. The Balaban J connectivity index is 1.84. The number of rotatable bonds is 4. The Morgan fingerprint density at radius 2 is 1.78 bits per heavy atom. The van der Waals surface area contributed by atoms with E-state index in [0.717, 1.165) is 15.7 Å². The second-order valence-electron chi connectivity index (χ2n) is 6.12. The normalized spacial score (nSPS) is 19.8. The molecule has 4 heteroatoms. The van der Waals surface area contributed by atoms with Gasteiger partial charge in [-0.2, -0.15) is 0 Å². The summed E-state index contributed by atoms with van der Waals surface area (Å²) in [5.41, 5.74) is 1.98. The van der Waals surface area contributed by atoms with E-state index in [2.05, 4.69) is 15.9 Å². The van der Waals surface area contributed by atoms with Crippen LogP contribution in [-0.2, 0) is 10.2 Å². The topological polar surface area (TPSA) is 37.4 Å². The maximum atomic E-state index is 12.7. The first kappa shape index (κ1) is 15.9. The molecule has 0 aromatic heterocycles. The number of anilines is 1. The highest BCUT2D eigenvalue weighted by atomic mass is 79.9. The van der Waals surface area contributed by atoms with Crippen molar-refractivity contribution in [2.24, 2.45) is 0 Å². The summed E-state index contributed by atoms with van der Waals surface area (Å²) < 4.78 is 0.797. The lowest BCUT2D eigenvalue weighted by Gasteiger charge is -2.23. The Kier molecular flexibility index (Phi) is 4.11. The Hall–Kier alpha value is -1.94. The summed E-state index contributed by atoms with van der Waals surface area (Å²) in [7, 11) is 1.79. The molecule has 0 aliphatic carbocycles. The monoisotopic (exact) mass is 371 g/mol. The van der Waals surface area contributed by atoms with Crippen molar-refractivity contribution in [2.45, 2.75) is 25.2 Å². The fourth-order valence-corrected chi connectivity index (χ4v) is 3.76. The molecule has 0 N–H and O–H groups in total. The molecule has 0 bridgehead atoms. The standard InChI is InChI=1S/C19H18BrNO2/c1-19(12-11-17(22)13-7-3-5-9-15(13)20)14-8-4-6-10-16(14)21(2)18(19)23/h3-10H,11-12H2,1-2H3. The van der Waals surface area contributed by atoms with E-state index in [1.807, 2.05) is 55.5 Å². The van der Waals surface area contributed by atoms with Crippen LogP contribution in [0.3, 0.4) is 0 Å². The fraction of sp³-hybridized carbons (Fsp3) is 0.263. The van der Waals surface area contributed by atoms with Crippen LogP contribution in [0.25, 0.3) is 0 Å². The lowest BCUT2D eigenvalue weighted by molar-refractivity contribution is -0.122. The van der Waals surface area contributed by atoms with Gasteiger partial charge in [0.1, 0.15) is 0 Å². The number of ketones is 1. The van der Waals surface area contributed by atoms with Gasteiger partial charge in [0.25, 0.3) is 0 Å². The number of para-hydroxylation sites is 1. The van der Waals surface area contributed by atoms with Crippen molar-refractivity contribution in [3.8, 4) is 0 Å². The molecule has 118 valence electrons. The maximum Gasteiger partial charge on any atom is 0.237 e. The predicted octanol–water partition coefficient (Wildman–Crippen LogP) is 4.35. The largest absolute Gasteiger partial charge is 0.314 e. The summed E-state index contributed by atoms with van der Waals surface area (Å²) in [4.78, 5) is 26.9. The van der Waals surface area contributed by atoms with Gasteiger partial charge >= 0.3 is 0 Å². The molecule has 2 aromatic rings. The molecule has 3 rings (SSSR count). The van der Waals surface area contributed by atoms with Gasteiger partial charge < -0.3 is 4.90 Å². The SMILES string of the molecule is CN1C(=O)C(C)(CCC(=O)c2ccccc2Br)c2ccccc21. The van der Waals surface area contributed by atoms with E-state index in [9.17, 15) is 9.59 Å². The molecule has 1 atom stereocenters. The molecule has 0 saturated heterocycles. The van der Waals surface area contributed by atoms with Crippen LogP contribution in [0.4, 0.5) is 5.69 Å². The average molecular weight is 372 g/mol. The van der Waals surface area contributed by atoms with Gasteiger partial charge in [0.2, 0.25) is 5.91 Å². The van der Waals surface area contributed by atoms with Crippen molar-refractivity contribution in [1.82, 2.24) is 0 Å². The van der Waals surface area contributed by atoms with Gasteiger partial charge in [-0.3, -0.25) is 9.59 Å². The van der Waals surface area contributed by atoms with Crippen molar-refractivity contribution < 1.29 is 9.59 Å². The minimum atomic E-state index is -0.637. The summed E-state index contributed by atoms with van der Waals surface area (Å²) >= 11 is 3.42. The number of nitrogens with zero attached hydrogens (tertiary/aromatic N) is 1. The lowest BCUT2D eigenvalue weighted by atomic mass is 9.79. The predicted molar refractivity (Wildman–Crippen MR) is 94.9 cm³/mol. The van der Waals surface area contributed by atoms with Crippen LogP contribution >= 0.6 is 15.9 Å². The van der Waals surface area contributed by atoms with Crippen molar-refractivity contribution in [1.29, 1.82) is 0 Å². The van der Waals surface area contributed by atoms with E-state index < -0.39 is 5.41 Å². The second kappa shape index (κ2) is 5.93. The van der Waals surface area contributed by atoms with Crippen molar-refractivity contribution >= 4 is 33.3 Å². The average Bonchev–Trinajstić information content (AvgIpc) is 2.76. The van der Waals surface area contributed by atoms with E-state index in [1.165, 1.54) is 0 Å². The van der Waals surface area contributed by atoms with Gasteiger partial charge in [-0.25, -0.2) is 0 Å². The Labute approximate surface area is 144 Å². The number of carbonyl (C=O) groups is 2.